The molecule has 0 radical (unpaired) electrons. The van der Waals surface area contributed by atoms with Crippen LogP contribution in [0.3, 0.4) is 0 Å². The molecule has 9 aromatic rings. The van der Waals surface area contributed by atoms with Crippen molar-refractivity contribution >= 4 is 59.9 Å². The fourth-order valence-electron chi connectivity index (χ4n) is 7.09. The average Bonchev–Trinajstić information content (AvgIpc) is 3.61. The van der Waals surface area contributed by atoms with Crippen LogP contribution in [0.5, 0.6) is 0 Å². The minimum absolute atomic E-state index is 1.18. The van der Waals surface area contributed by atoms with Crippen molar-refractivity contribution in [2.45, 2.75) is 13.8 Å². The van der Waals surface area contributed by atoms with E-state index in [4.69, 9.17) is 0 Å². The maximum Gasteiger partial charge on any atom is 0.0620 e. The van der Waals surface area contributed by atoms with Crippen molar-refractivity contribution in [2.75, 3.05) is 0 Å². The van der Waals surface area contributed by atoms with Crippen LogP contribution in [0.1, 0.15) is 11.1 Å². The van der Waals surface area contributed by atoms with Crippen LogP contribution in [0, 0.1) is 13.8 Å². The van der Waals surface area contributed by atoms with Crippen molar-refractivity contribution in [3.05, 3.63) is 132 Å². The molecule has 0 atom stereocenters. The summed E-state index contributed by atoms with van der Waals surface area (Å²) >= 11 is 0. The molecule has 0 aliphatic rings. The highest BCUT2D eigenvalue weighted by Crippen LogP contribution is 2.43. The van der Waals surface area contributed by atoms with E-state index in [1.807, 2.05) is 0 Å². The Bertz CT molecular complexity index is 2430. The lowest BCUT2D eigenvalue weighted by Crippen LogP contribution is -1.93. The van der Waals surface area contributed by atoms with Gasteiger partial charge in [-0.05, 0) is 85.1 Å². The third-order valence-corrected chi connectivity index (χ3v) is 8.73. The lowest BCUT2D eigenvalue weighted by molar-refractivity contribution is 1.18. The molecule has 0 N–H and O–H groups in total. The van der Waals surface area contributed by atoms with Crippen molar-refractivity contribution in [1.29, 1.82) is 0 Å². The van der Waals surface area contributed by atoms with Gasteiger partial charge in [0, 0.05) is 38.0 Å². The number of fused-ring (bicyclic) bond motifs is 9. The Morgan fingerprint density at radius 2 is 1.10 bits per heavy atom. The second-order valence-electron chi connectivity index (χ2n) is 11.2. The third kappa shape index (κ3) is 2.78. The monoisotopic (exact) mass is 510 g/mol. The Kier molecular flexibility index (Phi) is 4.22. The molecule has 0 saturated heterocycles. The summed E-state index contributed by atoms with van der Waals surface area (Å²) in [5.74, 6) is 0. The molecule has 0 saturated carbocycles. The SMILES string of the molecule is Cc1ccc2c(c1)c1ccccc1n2-c1ccc(-c2cccc3c2c2cc(C)cc4c5ccccc5n3c42)cc1. The van der Waals surface area contributed by atoms with Crippen LogP contribution in [-0.2, 0) is 0 Å². The summed E-state index contributed by atoms with van der Waals surface area (Å²) < 4.78 is 4.86. The molecule has 0 fully saturated rings. The van der Waals surface area contributed by atoms with E-state index in [0.29, 0.717) is 0 Å². The Labute approximate surface area is 231 Å². The van der Waals surface area contributed by atoms with Crippen molar-refractivity contribution in [2.24, 2.45) is 0 Å². The van der Waals surface area contributed by atoms with Crippen molar-refractivity contribution in [1.82, 2.24) is 8.97 Å². The molecule has 0 bridgehead atoms. The zero-order valence-electron chi connectivity index (χ0n) is 22.4. The molecule has 3 heterocycles. The second kappa shape index (κ2) is 7.74. The van der Waals surface area contributed by atoms with E-state index < -0.39 is 0 Å². The summed E-state index contributed by atoms with van der Waals surface area (Å²) in [5, 5.41) is 7.92. The number of hydrogen-bond donors (Lipinski definition) is 0. The number of hydrogen-bond acceptors (Lipinski definition) is 0. The molecule has 2 heteroatoms. The second-order valence-corrected chi connectivity index (χ2v) is 11.2. The van der Waals surface area contributed by atoms with E-state index in [-0.39, 0.29) is 0 Å². The average molecular weight is 511 g/mol. The van der Waals surface area contributed by atoms with Crippen LogP contribution in [0.15, 0.2) is 121 Å². The van der Waals surface area contributed by atoms with Crippen LogP contribution in [0.2, 0.25) is 0 Å². The standard InChI is InChI=1S/C38H26N2/c1-23-14-19-35-30(20-23)28-8-3-5-11-33(28)39(35)26-17-15-25(16-18-26)27-10-7-13-36-37(27)32-22-24(2)21-31-29-9-4-6-12-34(29)40(36)38(31)32/h3-22H,1-2H3. The van der Waals surface area contributed by atoms with Gasteiger partial charge in [-0.2, -0.15) is 0 Å². The first kappa shape index (κ1) is 21.8. The van der Waals surface area contributed by atoms with Crippen LogP contribution < -0.4 is 0 Å². The molecule has 0 spiro atoms. The molecule has 40 heavy (non-hydrogen) atoms. The zero-order chi connectivity index (χ0) is 26.5. The van der Waals surface area contributed by atoms with Gasteiger partial charge in [-0.25, -0.2) is 0 Å². The maximum atomic E-state index is 2.47. The van der Waals surface area contributed by atoms with Crippen LogP contribution in [0.4, 0.5) is 0 Å². The molecule has 0 amide bonds. The van der Waals surface area contributed by atoms with Gasteiger partial charge in [0.25, 0.3) is 0 Å². The Balaban J connectivity index is 1.29. The first-order chi connectivity index (χ1) is 19.7. The number of rotatable bonds is 2. The summed E-state index contributed by atoms with van der Waals surface area (Å²) in [4.78, 5) is 0. The summed E-state index contributed by atoms with van der Waals surface area (Å²) in [5.41, 5.74) is 12.6. The fraction of sp³-hybridized carbons (Fsp3) is 0.0526. The molecule has 2 nitrogen and oxygen atoms in total. The summed E-state index contributed by atoms with van der Waals surface area (Å²) in [6.07, 6.45) is 0. The van der Waals surface area contributed by atoms with E-state index in [1.54, 1.807) is 0 Å². The first-order valence-electron chi connectivity index (χ1n) is 14.0. The van der Waals surface area contributed by atoms with Gasteiger partial charge >= 0.3 is 0 Å². The number of aromatic nitrogens is 2. The highest BCUT2D eigenvalue weighted by Gasteiger charge is 2.20. The van der Waals surface area contributed by atoms with Gasteiger partial charge in [0.1, 0.15) is 0 Å². The summed E-state index contributed by atoms with van der Waals surface area (Å²) in [6, 6.07) is 44.9. The van der Waals surface area contributed by atoms with Gasteiger partial charge in [0.15, 0.2) is 0 Å². The van der Waals surface area contributed by atoms with Crippen LogP contribution in [-0.4, -0.2) is 8.97 Å². The van der Waals surface area contributed by atoms with Crippen molar-refractivity contribution in [3.63, 3.8) is 0 Å². The predicted molar refractivity (Wildman–Crippen MR) is 170 cm³/mol. The van der Waals surface area contributed by atoms with Gasteiger partial charge < -0.3 is 8.97 Å². The van der Waals surface area contributed by atoms with Gasteiger partial charge in [0.2, 0.25) is 0 Å². The molecule has 9 rings (SSSR count). The van der Waals surface area contributed by atoms with Crippen LogP contribution >= 0.6 is 0 Å². The Morgan fingerprint density at radius 3 is 1.93 bits per heavy atom. The van der Waals surface area contributed by atoms with E-state index in [1.165, 1.54) is 87.8 Å². The summed E-state index contributed by atoms with van der Waals surface area (Å²) in [7, 11) is 0. The molecule has 0 aliphatic carbocycles. The van der Waals surface area contributed by atoms with Gasteiger partial charge in [0.05, 0.1) is 27.6 Å². The van der Waals surface area contributed by atoms with Gasteiger partial charge in [-0.15, -0.1) is 0 Å². The zero-order valence-corrected chi connectivity index (χ0v) is 22.4. The highest BCUT2D eigenvalue weighted by molar-refractivity contribution is 6.26. The number of aryl methyl sites for hydroxylation is 2. The first-order valence-corrected chi connectivity index (χ1v) is 14.0. The highest BCUT2D eigenvalue weighted by atomic mass is 15.0. The van der Waals surface area contributed by atoms with Gasteiger partial charge in [-0.1, -0.05) is 72.3 Å². The molecular weight excluding hydrogens is 484 g/mol. The van der Waals surface area contributed by atoms with Crippen molar-refractivity contribution < 1.29 is 0 Å². The fourth-order valence-corrected chi connectivity index (χ4v) is 7.09. The smallest absolute Gasteiger partial charge is 0.0620 e. The Hall–Kier alpha value is -5.08. The minimum Gasteiger partial charge on any atom is -0.309 e. The molecule has 6 aromatic carbocycles. The minimum atomic E-state index is 1.18. The van der Waals surface area contributed by atoms with E-state index >= 15 is 0 Å². The third-order valence-electron chi connectivity index (χ3n) is 8.73. The van der Waals surface area contributed by atoms with Gasteiger partial charge in [-0.3, -0.25) is 0 Å². The van der Waals surface area contributed by atoms with Crippen molar-refractivity contribution in [3.8, 4) is 16.8 Å². The lowest BCUT2D eigenvalue weighted by Gasteiger charge is -2.11. The van der Waals surface area contributed by atoms with E-state index in [9.17, 15) is 0 Å². The lowest BCUT2D eigenvalue weighted by atomic mass is 9.97. The number of para-hydroxylation sites is 2. The molecular formula is C38H26N2. The Morgan fingerprint density at radius 1 is 0.450 bits per heavy atom. The number of nitrogens with zero attached hydrogens (tertiary/aromatic N) is 2. The number of benzene rings is 6. The van der Waals surface area contributed by atoms with Crippen LogP contribution in [0.25, 0.3) is 76.7 Å². The molecule has 0 unspecified atom stereocenters. The maximum absolute atomic E-state index is 2.47. The molecule has 0 aliphatic heterocycles. The quantitative estimate of drug-likeness (QED) is 0.219. The normalized spacial score (nSPS) is 12.2. The van der Waals surface area contributed by atoms with E-state index in [2.05, 4.69) is 144 Å². The summed E-state index contributed by atoms with van der Waals surface area (Å²) in [6.45, 7) is 4.38. The predicted octanol–water partition coefficient (Wildman–Crippen LogP) is 10.2. The topological polar surface area (TPSA) is 9.34 Å². The largest absolute Gasteiger partial charge is 0.309 e. The van der Waals surface area contributed by atoms with E-state index in [0.717, 1.165) is 0 Å². The molecule has 188 valence electrons. The molecule has 3 aromatic heterocycles.